The van der Waals surface area contributed by atoms with Gasteiger partial charge in [-0.15, -0.1) is 0 Å². The van der Waals surface area contributed by atoms with Gasteiger partial charge >= 0.3 is 5.97 Å². The molecule has 1 aliphatic rings. The lowest BCUT2D eigenvalue weighted by molar-refractivity contribution is -0.143. The zero-order valence-electron chi connectivity index (χ0n) is 11.9. The first-order valence-electron chi connectivity index (χ1n) is 7.68. The van der Waals surface area contributed by atoms with Crippen molar-refractivity contribution in [1.82, 2.24) is 0 Å². The van der Waals surface area contributed by atoms with Crippen molar-refractivity contribution in [3.8, 4) is 0 Å². The highest BCUT2D eigenvalue weighted by Gasteiger charge is 2.05. The van der Waals surface area contributed by atoms with Crippen molar-refractivity contribution in [2.75, 3.05) is 6.61 Å². The lowest BCUT2D eigenvalue weighted by atomic mass is 10.0. The predicted molar refractivity (Wildman–Crippen MR) is 75.6 cm³/mol. The van der Waals surface area contributed by atoms with Gasteiger partial charge in [0.15, 0.2) is 0 Å². The third-order valence-electron chi connectivity index (χ3n) is 3.61. The maximum atomic E-state index is 11.4. The third-order valence-corrected chi connectivity index (χ3v) is 3.61. The number of nitrogens with zero attached hydrogens (tertiary/aromatic N) is 1. The molecule has 1 N–H and O–H groups in total. The molecule has 0 aromatic rings. The monoisotopic (exact) mass is 269 g/mol. The van der Waals surface area contributed by atoms with Gasteiger partial charge in [0.1, 0.15) is 0 Å². The Hall–Kier alpha value is -1.06. The summed E-state index contributed by atoms with van der Waals surface area (Å²) in [6.45, 7) is 0.442. The van der Waals surface area contributed by atoms with Crippen molar-refractivity contribution < 1.29 is 14.7 Å². The number of hydrogen-bond acceptors (Lipinski definition) is 4. The number of cyclic esters (lactones) is 1. The van der Waals surface area contributed by atoms with E-state index in [0.717, 1.165) is 44.2 Å². The van der Waals surface area contributed by atoms with E-state index in [9.17, 15) is 4.79 Å². The Kier molecular flexibility index (Phi) is 9.11. The quantitative estimate of drug-likeness (QED) is 0.410. The molecule has 0 bridgehead atoms. The van der Waals surface area contributed by atoms with Crippen LogP contribution in [0.25, 0.3) is 0 Å². The number of esters is 1. The summed E-state index contributed by atoms with van der Waals surface area (Å²) in [5, 5.41) is 12.3. The summed E-state index contributed by atoms with van der Waals surface area (Å²) in [4.78, 5) is 11.4. The van der Waals surface area contributed by atoms with Crippen LogP contribution in [0.1, 0.15) is 77.0 Å². The molecule has 0 aliphatic carbocycles. The predicted octanol–water partition coefficient (Wildman–Crippen LogP) is 4.05. The first kappa shape index (κ1) is 16.0. The molecule has 0 atom stereocenters. The summed E-state index contributed by atoms with van der Waals surface area (Å²) >= 11 is 0. The minimum atomic E-state index is -0.0884. The maximum Gasteiger partial charge on any atom is 0.305 e. The van der Waals surface area contributed by atoms with Gasteiger partial charge in [0, 0.05) is 6.42 Å². The Labute approximate surface area is 116 Å². The summed E-state index contributed by atoms with van der Waals surface area (Å²) in [6, 6.07) is 0. The molecule has 4 nitrogen and oxygen atoms in total. The van der Waals surface area contributed by atoms with Crippen molar-refractivity contribution in [1.29, 1.82) is 0 Å². The Morgan fingerprint density at radius 3 is 1.95 bits per heavy atom. The fraction of sp³-hybridized carbons (Fsp3) is 0.867. The van der Waals surface area contributed by atoms with E-state index in [0.29, 0.717) is 13.0 Å². The highest BCUT2D eigenvalue weighted by Crippen LogP contribution is 2.13. The van der Waals surface area contributed by atoms with E-state index in [1.54, 1.807) is 0 Å². The molecule has 0 saturated carbocycles. The van der Waals surface area contributed by atoms with Crippen molar-refractivity contribution >= 4 is 11.7 Å². The summed E-state index contributed by atoms with van der Waals surface area (Å²) < 4.78 is 5.16. The van der Waals surface area contributed by atoms with Crippen molar-refractivity contribution in [3.63, 3.8) is 0 Å². The lowest BCUT2D eigenvalue weighted by Gasteiger charge is -2.08. The number of carbonyl (C=O) groups excluding carboxylic acids is 1. The maximum absolute atomic E-state index is 11.4. The molecule has 1 saturated heterocycles. The van der Waals surface area contributed by atoms with Crippen LogP contribution in [-0.4, -0.2) is 23.5 Å². The Balaban J connectivity index is 2.30. The molecule has 0 radical (unpaired) electrons. The van der Waals surface area contributed by atoms with Crippen LogP contribution in [0.5, 0.6) is 0 Å². The van der Waals surface area contributed by atoms with Crippen LogP contribution in [0.15, 0.2) is 5.16 Å². The van der Waals surface area contributed by atoms with Gasteiger partial charge in [0.25, 0.3) is 0 Å². The Morgan fingerprint density at radius 1 is 0.789 bits per heavy atom. The Bertz CT molecular complexity index is 277. The number of ether oxygens (including phenoxy) is 1. The van der Waals surface area contributed by atoms with E-state index < -0.39 is 0 Å². The topological polar surface area (TPSA) is 58.9 Å². The van der Waals surface area contributed by atoms with Gasteiger partial charge in [-0.1, -0.05) is 43.7 Å². The first-order chi connectivity index (χ1) is 9.33. The lowest BCUT2D eigenvalue weighted by Crippen LogP contribution is -2.08. The molecule has 0 unspecified atom stereocenters. The second-order valence-corrected chi connectivity index (χ2v) is 5.32. The average Bonchev–Trinajstić information content (AvgIpc) is 2.41. The molecule has 19 heavy (non-hydrogen) atoms. The Morgan fingerprint density at radius 2 is 1.32 bits per heavy atom. The smallest absolute Gasteiger partial charge is 0.305 e. The van der Waals surface area contributed by atoms with Crippen molar-refractivity contribution in [3.05, 3.63) is 0 Å². The molecule has 4 heteroatoms. The summed E-state index contributed by atoms with van der Waals surface area (Å²) in [5.41, 5.74) is 0.836. The van der Waals surface area contributed by atoms with Crippen LogP contribution in [0.4, 0.5) is 0 Å². The average molecular weight is 269 g/mol. The highest BCUT2D eigenvalue weighted by atomic mass is 16.5. The molecule has 1 fully saturated rings. The summed E-state index contributed by atoms with van der Waals surface area (Å²) in [6.07, 6.45) is 12.3. The third kappa shape index (κ3) is 8.62. The molecule has 110 valence electrons. The highest BCUT2D eigenvalue weighted by molar-refractivity contribution is 5.83. The molecule has 0 spiro atoms. The van der Waals surface area contributed by atoms with Gasteiger partial charge in [0.05, 0.1) is 12.3 Å². The van der Waals surface area contributed by atoms with Gasteiger partial charge in [-0.25, -0.2) is 0 Å². The van der Waals surface area contributed by atoms with Gasteiger partial charge in [0.2, 0.25) is 0 Å². The van der Waals surface area contributed by atoms with Crippen LogP contribution in [0.3, 0.4) is 0 Å². The number of hydrogen-bond donors (Lipinski definition) is 1. The molecule has 1 aliphatic heterocycles. The van der Waals surface area contributed by atoms with E-state index in [4.69, 9.17) is 9.94 Å². The summed E-state index contributed by atoms with van der Waals surface area (Å²) in [7, 11) is 0. The number of carbonyl (C=O) groups is 1. The first-order valence-corrected chi connectivity index (χ1v) is 7.68. The van der Waals surface area contributed by atoms with Gasteiger partial charge < -0.3 is 9.94 Å². The standard InChI is InChI=1S/C15H27NO3/c17-15-12-8-6-4-2-1-3-5-7-10-14(16-18)11-9-13-19-15/h18H,1-13H2/b16-14-. The fourth-order valence-corrected chi connectivity index (χ4v) is 2.42. The number of rotatable bonds is 0. The van der Waals surface area contributed by atoms with E-state index in [1.807, 2.05) is 0 Å². The number of oxime groups is 1. The second kappa shape index (κ2) is 10.8. The molecule has 1 rings (SSSR count). The molecule has 0 amide bonds. The minimum absolute atomic E-state index is 0.0884. The SMILES string of the molecule is O=C1CCCCCCCCCC/C(=N/O)CCCO1. The van der Waals surface area contributed by atoms with Gasteiger partial charge in [-0.2, -0.15) is 0 Å². The van der Waals surface area contributed by atoms with Crippen LogP contribution in [0, 0.1) is 0 Å². The van der Waals surface area contributed by atoms with Crippen LogP contribution in [0.2, 0.25) is 0 Å². The van der Waals surface area contributed by atoms with E-state index in [-0.39, 0.29) is 5.97 Å². The van der Waals surface area contributed by atoms with Crippen LogP contribution >= 0.6 is 0 Å². The fourth-order valence-electron chi connectivity index (χ4n) is 2.42. The van der Waals surface area contributed by atoms with Crippen LogP contribution < -0.4 is 0 Å². The van der Waals surface area contributed by atoms with E-state index in [2.05, 4.69) is 5.16 Å². The normalized spacial score (nSPS) is 24.0. The van der Waals surface area contributed by atoms with Crippen molar-refractivity contribution in [2.24, 2.45) is 5.16 Å². The summed E-state index contributed by atoms with van der Waals surface area (Å²) in [5.74, 6) is -0.0884. The van der Waals surface area contributed by atoms with Crippen molar-refractivity contribution in [2.45, 2.75) is 77.0 Å². The van der Waals surface area contributed by atoms with Crippen LogP contribution in [-0.2, 0) is 9.53 Å². The van der Waals surface area contributed by atoms with Gasteiger partial charge in [-0.3, -0.25) is 4.79 Å². The zero-order valence-corrected chi connectivity index (χ0v) is 11.9. The van der Waals surface area contributed by atoms with E-state index >= 15 is 0 Å². The molecular formula is C15H27NO3. The largest absolute Gasteiger partial charge is 0.466 e. The zero-order chi connectivity index (χ0) is 13.8. The molecule has 0 aromatic carbocycles. The van der Waals surface area contributed by atoms with E-state index in [1.165, 1.54) is 32.1 Å². The molecular weight excluding hydrogens is 242 g/mol. The second-order valence-electron chi connectivity index (χ2n) is 5.32. The van der Waals surface area contributed by atoms with Gasteiger partial charge in [-0.05, 0) is 32.1 Å². The molecule has 0 aromatic heterocycles. The molecule has 1 heterocycles. The minimum Gasteiger partial charge on any atom is -0.466 e.